The van der Waals surface area contributed by atoms with E-state index in [4.69, 9.17) is 18.9 Å². The van der Waals surface area contributed by atoms with Gasteiger partial charge < -0.3 is 18.9 Å². The molecule has 0 rings (SSSR count). The lowest BCUT2D eigenvalue weighted by Crippen LogP contribution is -2.26. The minimum Gasteiger partial charge on any atom is -0.382 e. The Kier molecular flexibility index (Phi) is 18.6. The van der Waals surface area contributed by atoms with Crippen molar-refractivity contribution in [1.82, 2.24) is 0 Å². The molecular formula is C19H40O5. The zero-order valence-electron chi connectivity index (χ0n) is 17.1. The molecule has 5 nitrogen and oxygen atoms in total. The summed E-state index contributed by atoms with van der Waals surface area (Å²) in [6, 6.07) is 0. The van der Waals surface area contributed by atoms with Crippen LogP contribution in [0.15, 0.2) is 0 Å². The van der Waals surface area contributed by atoms with Gasteiger partial charge in [0.2, 0.25) is 0 Å². The van der Waals surface area contributed by atoms with Gasteiger partial charge in [-0.25, -0.2) is 0 Å². The Morgan fingerprint density at radius 2 is 0.917 bits per heavy atom. The molecule has 0 aliphatic carbocycles. The van der Waals surface area contributed by atoms with E-state index in [2.05, 4.69) is 27.7 Å². The van der Waals surface area contributed by atoms with Crippen molar-refractivity contribution < 1.29 is 23.7 Å². The molecular weight excluding hydrogens is 308 g/mol. The molecule has 0 amide bonds. The molecule has 24 heavy (non-hydrogen) atoms. The van der Waals surface area contributed by atoms with Crippen molar-refractivity contribution in [3.63, 3.8) is 0 Å². The predicted molar refractivity (Wildman–Crippen MR) is 98.4 cm³/mol. The van der Waals surface area contributed by atoms with Crippen molar-refractivity contribution >= 4 is 5.78 Å². The summed E-state index contributed by atoms with van der Waals surface area (Å²) in [7, 11) is 3.30. The molecule has 0 saturated heterocycles. The quantitative estimate of drug-likeness (QED) is 0.477. The summed E-state index contributed by atoms with van der Waals surface area (Å²) in [5, 5.41) is 0. The van der Waals surface area contributed by atoms with E-state index in [1.807, 2.05) is 13.8 Å². The van der Waals surface area contributed by atoms with Crippen molar-refractivity contribution in [3.05, 3.63) is 0 Å². The van der Waals surface area contributed by atoms with E-state index in [1.165, 1.54) is 0 Å². The molecule has 0 bridgehead atoms. The Morgan fingerprint density at radius 3 is 1.17 bits per heavy atom. The van der Waals surface area contributed by atoms with Crippen LogP contribution in [0.5, 0.6) is 0 Å². The van der Waals surface area contributed by atoms with Gasteiger partial charge in [0.1, 0.15) is 5.78 Å². The normalized spacial score (nSPS) is 13.6. The van der Waals surface area contributed by atoms with E-state index in [9.17, 15) is 4.79 Å². The van der Waals surface area contributed by atoms with E-state index in [0.717, 1.165) is 0 Å². The monoisotopic (exact) mass is 348 g/mol. The van der Waals surface area contributed by atoms with Crippen LogP contribution in [0, 0.1) is 23.7 Å². The largest absolute Gasteiger partial charge is 0.382 e. The molecule has 0 fully saturated rings. The second kappa shape index (κ2) is 17.3. The van der Waals surface area contributed by atoms with Crippen LogP contribution in [0.1, 0.15) is 41.5 Å². The number of hydrogen-bond donors (Lipinski definition) is 0. The molecule has 0 radical (unpaired) electrons. The lowest BCUT2D eigenvalue weighted by molar-refractivity contribution is -0.128. The van der Waals surface area contributed by atoms with Crippen molar-refractivity contribution in [2.75, 3.05) is 53.9 Å². The van der Waals surface area contributed by atoms with Gasteiger partial charge in [0.25, 0.3) is 0 Å². The number of rotatable bonds is 13. The topological polar surface area (TPSA) is 54.0 Å². The molecule has 0 spiro atoms. The van der Waals surface area contributed by atoms with Crippen LogP contribution in [0.25, 0.3) is 0 Å². The molecule has 0 aliphatic rings. The van der Waals surface area contributed by atoms with Crippen LogP contribution in [0.3, 0.4) is 0 Å². The number of carbonyl (C=O) groups is 1. The average Bonchev–Trinajstić information content (AvgIpc) is 2.55. The molecule has 0 heterocycles. The van der Waals surface area contributed by atoms with Gasteiger partial charge >= 0.3 is 0 Å². The molecule has 0 aromatic heterocycles. The third-order valence-electron chi connectivity index (χ3n) is 4.13. The molecule has 0 saturated carbocycles. The highest BCUT2D eigenvalue weighted by Gasteiger charge is 2.24. The van der Waals surface area contributed by atoms with E-state index in [-0.39, 0.29) is 11.8 Å². The molecule has 2 unspecified atom stereocenters. The summed E-state index contributed by atoms with van der Waals surface area (Å²) in [6.45, 7) is 16.3. The van der Waals surface area contributed by atoms with Gasteiger partial charge in [-0.05, 0) is 11.8 Å². The van der Waals surface area contributed by atoms with E-state index >= 15 is 0 Å². The summed E-state index contributed by atoms with van der Waals surface area (Å²) in [5.74, 6) is 1.78. The fourth-order valence-corrected chi connectivity index (χ4v) is 1.68. The third kappa shape index (κ3) is 15.1. The van der Waals surface area contributed by atoms with Crippen molar-refractivity contribution in [3.8, 4) is 0 Å². The van der Waals surface area contributed by atoms with Crippen molar-refractivity contribution in [2.45, 2.75) is 41.5 Å². The fraction of sp³-hybridized carbons (Fsp3) is 0.947. The third-order valence-corrected chi connectivity index (χ3v) is 4.13. The highest BCUT2D eigenvalue weighted by atomic mass is 16.5. The molecule has 146 valence electrons. The molecule has 5 heteroatoms. The van der Waals surface area contributed by atoms with E-state index < -0.39 is 0 Å². The number of ketones is 1. The number of hydrogen-bond acceptors (Lipinski definition) is 5. The van der Waals surface area contributed by atoms with Crippen LogP contribution >= 0.6 is 0 Å². The lowest BCUT2D eigenvalue weighted by atomic mass is 9.82. The number of Topliss-reactive ketones (excluding diaryl/α,β-unsaturated/α-hetero) is 1. The maximum Gasteiger partial charge on any atom is 0.138 e. The van der Waals surface area contributed by atoms with E-state index in [1.54, 1.807) is 14.2 Å². The Hall–Kier alpha value is -0.490. The SMILES string of the molecule is CC(C)C(C)C(=O)C(C)C(C)C.COCCOCCOCCOC. The molecule has 0 aromatic carbocycles. The first-order chi connectivity index (χ1) is 11.3. The fourth-order valence-electron chi connectivity index (χ4n) is 1.68. The van der Waals surface area contributed by atoms with Gasteiger partial charge in [-0.3, -0.25) is 4.79 Å². The average molecular weight is 349 g/mol. The molecule has 2 atom stereocenters. The minimum absolute atomic E-state index is 0.211. The maximum absolute atomic E-state index is 11.7. The summed E-state index contributed by atoms with van der Waals surface area (Å²) < 4.78 is 19.9. The minimum atomic E-state index is 0.211. The Labute approximate surface area is 149 Å². The first-order valence-corrected chi connectivity index (χ1v) is 8.96. The summed E-state index contributed by atoms with van der Waals surface area (Å²) in [5.41, 5.74) is 0. The molecule has 0 aliphatic heterocycles. The van der Waals surface area contributed by atoms with Crippen LogP contribution in [-0.4, -0.2) is 59.6 Å². The van der Waals surface area contributed by atoms with Crippen LogP contribution in [0.4, 0.5) is 0 Å². The first kappa shape index (κ1) is 25.7. The van der Waals surface area contributed by atoms with Gasteiger partial charge in [-0.15, -0.1) is 0 Å². The first-order valence-electron chi connectivity index (χ1n) is 8.96. The zero-order valence-corrected chi connectivity index (χ0v) is 17.1. The van der Waals surface area contributed by atoms with Gasteiger partial charge in [0, 0.05) is 26.1 Å². The second-order valence-electron chi connectivity index (χ2n) is 6.68. The Morgan fingerprint density at radius 1 is 0.625 bits per heavy atom. The summed E-state index contributed by atoms with van der Waals surface area (Å²) in [6.07, 6.45) is 0. The van der Waals surface area contributed by atoms with Crippen LogP contribution in [0.2, 0.25) is 0 Å². The highest BCUT2D eigenvalue weighted by Crippen LogP contribution is 2.20. The smallest absolute Gasteiger partial charge is 0.138 e. The van der Waals surface area contributed by atoms with Gasteiger partial charge in [-0.1, -0.05) is 41.5 Å². The molecule has 0 N–H and O–H groups in total. The lowest BCUT2D eigenvalue weighted by Gasteiger charge is -2.21. The number of carbonyl (C=O) groups excluding carboxylic acids is 1. The number of ether oxygens (including phenoxy) is 4. The van der Waals surface area contributed by atoms with Gasteiger partial charge in [0.05, 0.1) is 39.6 Å². The van der Waals surface area contributed by atoms with Gasteiger partial charge in [-0.2, -0.15) is 0 Å². The zero-order chi connectivity index (χ0) is 19.0. The highest BCUT2D eigenvalue weighted by molar-refractivity contribution is 5.83. The Bertz CT molecular complexity index is 253. The van der Waals surface area contributed by atoms with Gasteiger partial charge in [0.15, 0.2) is 0 Å². The van der Waals surface area contributed by atoms with Crippen LogP contribution in [-0.2, 0) is 23.7 Å². The standard InChI is InChI=1S/C11H22O.C8H18O4/c1-7(2)9(5)11(12)10(6)8(3)4;1-9-3-5-11-7-8-12-6-4-10-2/h7-10H,1-6H3;3-8H2,1-2H3. The maximum atomic E-state index is 11.7. The summed E-state index contributed by atoms with van der Waals surface area (Å²) >= 11 is 0. The van der Waals surface area contributed by atoms with Crippen LogP contribution < -0.4 is 0 Å². The summed E-state index contributed by atoms with van der Waals surface area (Å²) in [4.78, 5) is 11.7. The second-order valence-corrected chi connectivity index (χ2v) is 6.68. The van der Waals surface area contributed by atoms with E-state index in [0.29, 0.717) is 57.3 Å². The van der Waals surface area contributed by atoms with Crippen molar-refractivity contribution in [1.29, 1.82) is 0 Å². The Balaban J connectivity index is 0. The van der Waals surface area contributed by atoms with Crippen molar-refractivity contribution in [2.24, 2.45) is 23.7 Å². The number of methoxy groups -OCH3 is 2. The molecule has 0 aromatic rings. The predicted octanol–water partition coefficient (Wildman–Crippen LogP) is 3.45.